The van der Waals surface area contributed by atoms with Gasteiger partial charge in [0.15, 0.2) is 0 Å². The van der Waals surface area contributed by atoms with E-state index in [-0.39, 0.29) is 11.4 Å². The SMILES string of the molecule is Cc1noc(C(=O)NC23CC4CC(CC(C4)C2)C3)c1SC1CCCCCC1. The Hall–Kier alpha value is -0.970. The van der Waals surface area contributed by atoms with Crippen LogP contribution in [0.2, 0.25) is 0 Å². The molecular weight excluding hydrogens is 356 g/mol. The monoisotopic (exact) mass is 388 g/mol. The van der Waals surface area contributed by atoms with E-state index in [0.29, 0.717) is 11.0 Å². The van der Waals surface area contributed by atoms with E-state index in [1.165, 1.54) is 77.0 Å². The van der Waals surface area contributed by atoms with E-state index in [9.17, 15) is 4.79 Å². The molecule has 1 aromatic heterocycles. The van der Waals surface area contributed by atoms with Gasteiger partial charge in [0.2, 0.25) is 5.76 Å². The van der Waals surface area contributed by atoms with Gasteiger partial charge >= 0.3 is 0 Å². The summed E-state index contributed by atoms with van der Waals surface area (Å²) in [6, 6.07) is 0. The van der Waals surface area contributed by atoms with Gasteiger partial charge in [-0.15, -0.1) is 11.8 Å². The second-order valence-electron chi connectivity index (χ2n) is 9.81. The number of carbonyl (C=O) groups excluding carboxylic acids is 1. The molecule has 1 amide bonds. The molecule has 27 heavy (non-hydrogen) atoms. The molecule has 5 fully saturated rings. The summed E-state index contributed by atoms with van der Waals surface area (Å²) in [5, 5.41) is 8.22. The second-order valence-corrected chi connectivity index (χ2v) is 11.1. The van der Waals surface area contributed by atoms with Crippen LogP contribution in [0.25, 0.3) is 0 Å². The average Bonchev–Trinajstić information content (AvgIpc) is 2.80. The summed E-state index contributed by atoms with van der Waals surface area (Å²) in [6.45, 7) is 1.98. The van der Waals surface area contributed by atoms with Crippen molar-refractivity contribution < 1.29 is 9.32 Å². The van der Waals surface area contributed by atoms with Gasteiger partial charge in [-0.1, -0.05) is 30.8 Å². The highest BCUT2D eigenvalue weighted by Gasteiger charge is 2.52. The predicted molar refractivity (Wildman–Crippen MR) is 107 cm³/mol. The Morgan fingerprint density at radius 2 is 1.63 bits per heavy atom. The van der Waals surface area contributed by atoms with E-state index < -0.39 is 0 Å². The standard InChI is InChI=1S/C22H32N2O2S/c1-14-20(27-18-6-4-2-3-5-7-18)19(26-24-14)21(25)23-22-11-15-8-16(12-22)10-17(9-15)13-22/h15-18H,2-13H2,1H3,(H,23,25). The molecule has 5 aliphatic rings. The van der Waals surface area contributed by atoms with Crippen LogP contribution in [0.5, 0.6) is 0 Å². The molecule has 0 saturated heterocycles. The lowest BCUT2D eigenvalue weighted by molar-refractivity contribution is -0.0173. The molecule has 4 nitrogen and oxygen atoms in total. The van der Waals surface area contributed by atoms with E-state index in [4.69, 9.17) is 4.52 Å². The van der Waals surface area contributed by atoms with Crippen LogP contribution in [0, 0.1) is 24.7 Å². The number of amides is 1. The van der Waals surface area contributed by atoms with Crippen molar-refractivity contribution in [3.8, 4) is 0 Å². The van der Waals surface area contributed by atoms with Gasteiger partial charge in [0, 0.05) is 10.8 Å². The minimum Gasteiger partial charge on any atom is -0.350 e. The minimum absolute atomic E-state index is 0.0197. The molecule has 0 radical (unpaired) electrons. The van der Waals surface area contributed by atoms with Gasteiger partial charge in [0.1, 0.15) is 0 Å². The fourth-order valence-corrected chi connectivity index (χ4v) is 8.08. The molecule has 1 aromatic rings. The fraction of sp³-hybridized carbons (Fsp3) is 0.818. The number of thioether (sulfide) groups is 1. The van der Waals surface area contributed by atoms with Gasteiger partial charge in [-0.2, -0.15) is 0 Å². The summed E-state index contributed by atoms with van der Waals surface area (Å²) in [7, 11) is 0. The zero-order chi connectivity index (χ0) is 18.4. The minimum atomic E-state index is -0.0197. The van der Waals surface area contributed by atoms with Crippen molar-refractivity contribution in [2.45, 2.75) is 99.7 Å². The summed E-state index contributed by atoms with van der Waals surface area (Å²) in [4.78, 5) is 14.2. The molecular formula is C22H32N2O2S. The Morgan fingerprint density at radius 1 is 1.04 bits per heavy atom. The lowest BCUT2D eigenvalue weighted by Crippen LogP contribution is -2.59. The van der Waals surface area contributed by atoms with Gasteiger partial charge < -0.3 is 9.84 Å². The highest BCUT2D eigenvalue weighted by molar-refractivity contribution is 8.00. The number of carbonyl (C=O) groups is 1. The van der Waals surface area contributed by atoms with Gasteiger partial charge in [0.25, 0.3) is 5.91 Å². The summed E-state index contributed by atoms with van der Waals surface area (Å²) >= 11 is 1.84. The molecule has 5 heteroatoms. The maximum Gasteiger partial charge on any atom is 0.291 e. The van der Waals surface area contributed by atoms with Crippen molar-refractivity contribution in [3.05, 3.63) is 11.5 Å². The van der Waals surface area contributed by atoms with Crippen LogP contribution in [-0.2, 0) is 0 Å². The number of rotatable bonds is 4. The first-order valence-corrected chi connectivity index (χ1v) is 11.9. The van der Waals surface area contributed by atoms with E-state index in [2.05, 4.69) is 10.5 Å². The molecule has 6 rings (SSSR count). The predicted octanol–water partition coefficient (Wildman–Crippen LogP) is 5.50. The summed E-state index contributed by atoms with van der Waals surface area (Å²) in [5.74, 6) is 2.93. The highest BCUT2D eigenvalue weighted by Crippen LogP contribution is 2.55. The lowest BCUT2D eigenvalue weighted by Gasteiger charge is -2.56. The summed E-state index contributed by atoms with van der Waals surface area (Å²) in [6.07, 6.45) is 15.5. The van der Waals surface area contributed by atoms with Crippen molar-refractivity contribution >= 4 is 17.7 Å². The maximum absolute atomic E-state index is 13.2. The molecule has 0 aromatic carbocycles. The largest absolute Gasteiger partial charge is 0.350 e. The lowest BCUT2D eigenvalue weighted by atomic mass is 9.53. The molecule has 5 saturated carbocycles. The van der Waals surface area contributed by atoms with Crippen molar-refractivity contribution in [3.63, 3.8) is 0 Å². The van der Waals surface area contributed by atoms with E-state index in [0.717, 1.165) is 28.3 Å². The Morgan fingerprint density at radius 3 is 2.22 bits per heavy atom. The molecule has 0 aliphatic heterocycles. The number of aromatic nitrogens is 1. The summed E-state index contributed by atoms with van der Waals surface area (Å²) in [5.41, 5.74) is 0.900. The highest BCUT2D eigenvalue weighted by atomic mass is 32.2. The Labute approximate surface area is 166 Å². The van der Waals surface area contributed by atoms with Crippen LogP contribution >= 0.6 is 11.8 Å². The van der Waals surface area contributed by atoms with Gasteiger partial charge in [-0.25, -0.2) is 0 Å². The van der Waals surface area contributed by atoms with E-state index in [1.54, 1.807) is 0 Å². The first kappa shape index (κ1) is 18.1. The molecule has 0 unspecified atom stereocenters. The van der Waals surface area contributed by atoms with Gasteiger partial charge in [-0.05, 0) is 76.0 Å². The van der Waals surface area contributed by atoms with Crippen LogP contribution in [-0.4, -0.2) is 21.9 Å². The zero-order valence-corrected chi connectivity index (χ0v) is 17.3. The van der Waals surface area contributed by atoms with Crippen molar-refractivity contribution in [1.29, 1.82) is 0 Å². The molecule has 4 bridgehead atoms. The van der Waals surface area contributed by atoms with E-state index in [1.807, 2.05) is 18.7 Å². The van der Waals surface area contributed by atoms with Crippen LogP contribution < -0.4 is 5.32 Å². The van der Waals surface area contributed by atoms with Crippen LogP contribution in [0.3, 0.4) is 0 Å². The molecule has 148 valence electrons. The Bertz CT molecular complexity index is 670. The Kier molecular flexibility index (Phi) is 4.77. The average molecular weight is 389 g/mol. The van der Waals surface area contributed by atoms with Gasteiger partial charge in [-0.3, -0.25) is 4.79 Å². The molecule has 5 aliphatic carbocycles. The number of hydrogen-bond acceptors (Lipinski definition) is 4. The zero-order valence-electron chi connectivity index (χ0n) is 16.5. The molecule has 1 heterocycles. The van der Waals surface area contributed by atoms with Crippen LogP contribution in [0.4, 0.5) is 0 Å². The number of nitrogens with one attached hydrogen (secondary N) is 1. The molecule has 0 spiro atoms. The molecule has 0 atom stereocenters. The third-order valence-electron chi connectivity index (χ3n) is 7.52. The van der Waals surface area contributed by atoms with Crippen molar-refractivity contribution in [1.82, 2.24) is 10.5 Å². The van der Waals surface area contributed by atoms with Crippen molar-refractivity contribution in [2.24, 2.45) is 17.8 Å². The quantitative estimate of drug-likeness (QED) is 0.692. The summed E-state index contributed by atoms with van der Waals surface area (Å²) < 4.78 is 5.56. The first-order chi connectivity index (χ1) is 13.1. The van der Waals surface area contributed by atoms with Crippen LogP contribution in [0.15, 0.2) is 9.42 Å². The topological polar surface area (TPSA) is 55.1 Å². The number of aryl methyl sites for hydroxylation is 1. The first-order valence-electron chi connectivity index (χ1n) is 11.1. The molecule has 1 N–H and O–H groups in total. The van der Waals surface area contributed by atoms with Crippen molar-refractivity contribution in [2.75, 3.05) is 0 Å². The number of hydrogen-bond donors (Lipinski definition) is 1. The maximum atomic E-state index is 13.2. The van der Waals surface area contributed by atoms with Crippen LogP contribution in [0.1, 0.15) is 93.3 Å². The Balaban J connectivity index is 1.32. The number of nitrogens with zero attached hydrogens (tertiary/aromatic N) is 1. The third kappa shape index (κ3) is 3.56. The fourth-order valence-electron chi connectivity index (χ4n) is 6.73. The van der Waals surface area contributed by atoms with E-state index >= 15 is 0 Å². The third-order valence-corrected chi connectivity index (χ3v) is 9.04. The smallest absolute Gasteiger partial charge is 0.291 e. The van der Waals surface area contributed by atoms with Gasteiger partial charge in [0.05, 0.1) is 10.6 Å². The second kappa shape index (κ2) is 7.13. The normalized spacial score (nSPS) is 36.0.